The molecule has 0 aliphatic carbocycles. The molecule has 0 aliphatic heterocycles. The van der Waals surface area contributed by atoms with Crippen molar-refractivity contribution in [2.45, 2.75) is 13.5 Å². The number of carbonyl (C=O) groups excluding carboxylic acids is 1. The van der Waals surface area contributed by atoms with E-state index in [2.05, 4.69) is 17.2 Å². The van der Waals surface area contributed by atoms with Crippen molar-refractivity contribution in [3.05, 3.63) is 56.2 Å². The number of carbonyl (C=O) groups is 1. The third kappa shape index (κ3) is 4.33. The van der Waals surface area contributed by atoms with Crippen molar-refractivity contribution in [1.82, 2.24) is 5.32 Å². The maximum Gasteiger partial charge on any atom is 0.252 e. The summed E-state index contributed by atoms with van der Waals surface area (Å²) in [6.07, 6.45) is 0. The molecule has 1 aromatic heterocycles. The molecule has 1 aromatic carbocycles. The summed E-state index contributed by atoms with van der Waals surface area (Å²) in [6.45, 7) is 2.11. The highest BCUT2D eigenvalue weighted by Crippen LogP contribution is 2.21. The summed E-state index contributed by atoms with van der Waals surface area (Å²) in [5, 5.41) is 11.6. The molecule has 0 aliphatic rings. The van der Waals surface area contributed by atoms with Gasteiger partial charge in [-0.15, -0.1) is 11.3 Å². The monoisotopic (exact) mass is 319 g/mol. The number of nitrogens with one attached hydrogen (secondary N) is 1. The van der Waals surface area contributed by atoms with Gasteiger partial charge in [-0.3, -0.25) is 4.79 Å². The van der Waals surface area contributed by atoms with Crippen molar-refractivity contribution in [2.75, 3.05) is 6.61 Å². The molecule has 3 nitrogen and oxygen atoms in total. The Balaban J connectivity index is 2.15. The van der Waals surface area contributed by atoms with E-state index in [1.165, 1.54) is 11.3 Å². The van der Waals surface area contributed by atoms with Gasteiger partial charge in [0.1, 0.15) is 6.61 Å². The maximum atomic E-state index is 12.3. The Hall–Kier alpha value is -1.80. The van der Waals surface area contributed by atoms with E-state index >= 15 is 0 Å². The zero-order valence-electron chi connectivity index (χ0n) is 11.4. The van der Waals surface area contributed by atoms with E-state index in [0.29, 0.717) is 22.0 Å². The molecule has 0 bridgehead atoms. The standard InChI is InChI=1S/C16H14ClNO2S/c1-11-4-5-12(3-2-8-19)14(9-11)16(20)18-10-13-6-7-15(17)21-13/h4-7,9,19H,8,10H2,1H3,(H,18,20). The Morgan fingerprint density at radius 1 is 1.38 bits per heavy atom. The van der Waals surface area contributed by atoms with E-state index in [4.69, 9.17) is 16.7 Å². The number of amides is 1. The maximum absolute atomic E-state index is 12.3. The molecule has 0 radical (unpaired) electrons. The molecule has 0 saturated carbocycles. The number of thiophene rings is 1. The van der Waals surface area contributed by atoms with Crippen LogP contribution < -0.4 is 5.32 Å². The summed E-state index contributed by atoms with van der Waals surface area (Å²) < 4.78 is 0.698. The van der Waals surface area contributed by atoms with Gasteiger partial charge >= 0.3 is 0 Å². The highest BCUT2D eigenvalue weighted by atomic mass is 35.5. The lowest BCUT2D eigenvalue weighted by atomic mass is 10.0. The van der Waals surface area contributed by atoms with Gasteiger partial charge in [0.15, 0.2) is 0 Å². The second-order valence-corrected chi connectivity index (χ2v) is 6.20. The van der Waals surface area contributed by atoms with Crippen molar-refractivity contribution in [3.63, 3.8) is 0 Å². The van der Waals surface area contributed by atoms with Crippen LogP contribution in [0.5, 0.6) is 0 Å². The molecule has 0 atom stereocenters. The van der Waals surface area contributed by atoms with Crippen LogP contribution in [0.25, 0.3) is 0 Å². The van der Waals surface area contributed by atoms with Crippen LogP contribution in [0.4, 0.5) is 0 Å². The molecule has 1 heterocycles. The Labute approximate surface area is 132 Å². The topological polar surface area (TPSA) is 49.3 Å². The minimum Gasteiger partial charge on any atom is -0.384 e. The Bertz CT molecular complexity index is 713. The predicted molar refractivity (Wildman–Crippen MR) is 85.6 cm³/mol. The van der Waals surface area contributed by atoms with Crippen molar-refractivity contribution in [3.8, 4) is 11.8 Å². The van der Waals surface area contributed by atoms with Gasteiger partial charge in [0.05, 0.1) is 16.4 Å². The van der Waals surface area contributed by atoms with Crippen LogP contribution in [0.15, 0.2) is 30.3 Å². The van der Waals surface area contributed by atoms with Crippen LogP contribution in [0.1, 0.15) is 26.4 Å². The average molecular weight is 320 g/mol. The van der Waals surface area contributed by atoms with Crippen LogP contribution in [-0.4, -0.2) is 17.6 Å². The Kier molecular flexibility index (Phi) is 5.40. The number of hydrogen-bond donors (Lipinski definition) is 2. The van der Waals surface area contributed by atoms with Gasteiger partial charge in [-0.05, 0) is 31.2 Å². The first-order valence-electron chi connectivity index (χ1n) is 6.33. The van der Waals surface area contributed by atoms with Crippen LogP contribution in [0.2, 0.25) is 4.34 Å². The fourth-order valence-corrected chi connectivity index (χ4v) is 2.83. The van der Waals surface area contributed by atoms with Gasteiger partial charge in [-0.1, -0.05) is 35.1 Å². The Morgan fingerprint density at radius 2 is 2.19 bits per heavy atom. The predicted octanol–water partition coefficient (Wildman–Crippen LogP) is 2.98. The van der Waals surface area contributed by atoms with E-state index < -0.39 is 0 Å². The van der Waals surface area contributed by atoms with Crippen LogP contribution >= 0.6 is 22.9 Å². The molecule has 2 aromatic rings. The van der Waals surface area contributed by atoms with E-state index in [9.17, 15) is 4.79 Å². The average Bonchev–Trinajstić information content (AvgIpc) is 2.89. The molecule has 0 unspecified atom stereocenters. The van der Waals surface area contributed by atoms with E-state index in [1.54, 1.807) is 18.2 Å². The van der Waals surface area contributed by atoms with Crippen LogP contribution in [-0.2, 0) is 6.54 Å². The molecule has 0 spiro atoms. The molecule has 21 heavy (non-hydrogen) atoms. The molecule has 0 saturated heterocycles. The SMILES string of the molecule is Cc1ccc(C#CCO)c(C(=O)NCc2ccc(Cl)s2)c1. The number of hydrogen-bond acceptors (Lipinski definition) is 3. The van der Waals surface area contributed by atoms with E-state index in [1.807, 2.05) is 19.1 Å². The van der Waals surface area contributed by atoms with Crippen LogP contribution in [0.3, 0.4) is 0 Å². The molecular weight excluding hydrogens is 306 g/mol. The number of halogens is 1. The third-order valence-electron chi connectivity index (χ3n) is 2.77. The molecule has 1 amide bonds. The number of aliphatic hydroxyl groups is 1. The lowest BCUT2D eigenvalue weighted by Gasteiger charge is -2.07. The molecular formula is C16H14ClNO2S. The minimum atomic E-state index is -0.234. The fourth-order valence-electron chi connectivity index (χ4n) is 1.80. The largest absolute Gasteiger partial charge is 0.384 e. The lowest BCUT2D eigenvalue weighted by Crippen LogP contribution is -2.23. The first-order valence-corrected chi connectivity index (χ1v) is 7.52. The summed E-state index contributed by atoms with van der Waals surface area (Å²) in [5.74, 6) is 5.17. The molecule has 0 fully saturated rings. The number of aliphatic hydroxyl groups excluding tert-OH is 1. The van der Waals surface area contributed by atoms with Crippen molar-refractivity contribution >= 4 is 28.8 Å². The van der Waals surface area contributed by atoms with Crippen molar-refractivity contribution < 1.29 is 9.90 Å². The zero-order valence-corrected chi connectivity index (χ0v) is 13.0. The minimum absolute atomic E-state index is 0.189. The second-order valence-electron chi connectivity index (χ2n) is 4.40. The highest BCUT2D eigenvalue weighted by molar-refractivity contribution is 7.16. The highest BCUT2D eigenvalue weighted by Gasteiger charge is 2.11. The first kappa shape index (κ1) is 15.6. The lowest BCUT2D eigenvalue weighted by molar-refractivity contribution is 0.0951. The van der Waals surface area contributed by atoms with Crippen molar-refractivity contribution in [2.24, 2.45) is 0 Å². The van der Waals surface area contributed by atoms with Gasteiger partial charge in [0.25, 0.3) is 5.91 Å². The van der Waals surface area contributed by atoms with Gasteiger partial charge in [-0.2, -0.15) is 0 Å². The number of aryl methyl sites for hydroxylation is 1. The summed E-state index contributed by atoms with van der Waals surface area (Å²) in [4.78, 5) is 13.3. The molecule has 5 heteroatoms. The van der Waals surface area contributed by atoms with Gasteiger partial charge in [0.2, 0.25) is 0 Å². The first-order chi connectivity index (χ1) is 10.1. The molecule has 2 rings (SSSR count). The summed E-state index contributed by atoms with van der Waals surface area (Å²) in [5.41, 5.74) is 2.10. The van der Waals surface area contributed by atoms with E-state index in [0.717, 1.165) is 10.4 Å². The summed E-state index contributed by atoms with van der Waals surface area (Å²) >= 11 is 7.30. The quantitative estimate of drug-likeness (QED) is 0.855. The van der Waals surface area contributed by atoms with Crippen molar-refractivity contribution in [1.29, 1.82) is 0 Å². The summed E-state index contributed by atoms with van der Waals surface area (Å²) in [6, 6.07) is 9.15. The molecule has 2 N–H and O–H groups in total. The second kappa shape index (κ2) is 7.28. The smallest absolute Gasteiger partial charge is 0.252 e. The summed E-state index contributed by atoms with van der Waals surface area (Å²) in [7, 11) is 0. The zero-order chi connectivity index (χ0) is 15.2. The third-order valence-corrected chi connectivity index (χ3v) is 4.00. The Morgan fingerprint density at radius 3 is 2.86 bits per heavy atom. The van der Waals surface area contributed by atoms with Gasteiger partial charge < -0.3 is 10.4 Å². The molecule has 108 valence electrons. The van der Waals surface area contributed by atoms with Gasteiger partial charge in [0, 0.05) is 10.4 Å². The fraction of sp³-hybridized carbons (Fsp3) is 0.188. The normalized spacial score (nSPS) is 9.86. The number of benzene rings is 1. The van der Waals surface area contributed by atoms with Crippen LogP contribution in [0, 0.1) is 18.8 Å². The van der Waals surface area contributed by atoms with E-state index in [-0.39, 0.29) is 12.5 Å². The number of rotatable bonds is 3. The van der Waals surface area contributed by atoms with Gasteiger partial charge in [-0.25, -0.2) is 0 Å².